The van der Waals surface area contributed by atoms with Crippen LogP contribution in [0.2, 0.25) is 5.02 Å². The second kappa shape index (κ2) is 7.99. The molecule has 1 N–H and O–H groups in total. The molecule has 1 unspecified atom stereocenters. The molecule has 2 aromatic carbocycles. The van der Waals surface area contributed by atoms with Crippen LogP contribution in [0.3, 0.4) is 0 Å². The van der Waals surface area contributed by atoms with E-state index in [2.05, 4.69) is 15.2 Å². The minimum atomic E-state index is -2.95. The molecule has 160 valence electrons. The fourth-order valence-electron chi connectivity index (χ4n) is 3.31. The smallest absolute Gasteiger partial charge is 0.387 e. The summed E-state index contributed by atoms with van der Waals surface area (Å²) in [7, 11) is 0. The summed E-state index contributed by atoms with van der Waals surface area (Å²) in [5, 5.41) is 7.20. The lowest BCUT2D eigenvalue weighted by atomic mass is 9.92. The summed E-state index contributed by atoms with van der Waals surface area (Å²) >= 11 is 5.89. The number of aromatic nitrogens is 1. The van der Waals surface area contributed by atoms with Crippen LogP contribution in [0, 0.1) is 0 Å². The van der Waals surface area contributed by atoms with Crippen molar-refractivity contribution >= 4 is 23.5 Å². The lowest BCUT2D eigenvalue weighted by Crippen LogP contribution is -2.40. The molecule has 0 spiro atoms. The first-order valence-electron chi connectivity index (χ1n) is 9.17. The molecule has 1 aliphatic rings. The standard InChI is InChI=1S/C21H16ClF2N3O4/c1-21(13-4-8-15(9-5-13)30-19(23)24)18(28)27(20(29)25-21)11-16-10-17(26-31-16)12-2-6-14(22)7-3-12/h2-10,19H,11H2,1H3,(H,25,29). The monoisotopic (exact) mass is 447 g/mol. The Bertz CT molecular complexity index is 1120. The highest BCUT2D eigenvalue weighted by Crippen LogP contribution is 2.31. The topological polar surface area (TPSA) is 84.7 Å². The van der Waals surface area contributed by atoms with Gasteiger partial charge in [0.25, 0.3) is 5.91 Å². The van der Waals surface area contributed by atoms with Gasteiger partial charge in [0.15, 0.2) is 5.76 Å². The molecule has 1 aliphatic heterocycles. The van der Waals surface area contributed by atoms with Gasteiger partial charge in [0.2, 0.25) is 0 Å². The van der Waals surface area contributed by atoms with Crippen LogP contribution in [0.5, 0.6) is 5.75 Å². The summed E-state index contributed by atoms with van der Waals surface area (Å²) in [6, 6.07) is 13.5. The van der Waals surface area contributed by atoms with Crippen molar-refractivity contribution in [1.29, 1.82) is 0 Å². The number of ether oxygens (including phenoxy) is 1. The molecule has 0 bridgehead atoms. The minimum absolute atomic E-state index is 0.0487. The summed E-state index contributed by atoms with van der Waals surface area (Å²) in [6.07, 6.45) is 0. The van der Waals surface area contributed by atoms with E-state index in [9.17, 15) is 18.4 Å². The molecular formula is C21H16ClF2N3O4. The van der Waals surface area contributed by atoms with E-state index >= 15 is 0 Å². The maximum Gasteiger partial charge on any atom is 0.387 e. The summed E-state index contributed by atoms with van der Waals surface area (Å²) in [5.41, 5.74) is 0.373. The fraction of sp³-hybridized carbons (Fsp3) is 0.190. The lowest BCUT2D eigenvalue weighted by molar-refractivity contribution is -0.131. The largest absolute Gasteiger partial charge is 0.435 e. The first-order valence-corrected chi connectivity index (χ1v) is 9.55. The number of benzene rings is 2. The third-order valence-corrected chi connectivity index (χ3v) is 5.20. The second-order valence-corrected chi connectivity index (χ2v) is 7.47. The normalized spacial score (nSPS) is 18.5. The van der Waals surface area contributed by atoms with Crippen molar-refractivity contribution in [3.63, 3.8) is 0 Å². The number of urea groups is 1. The first kappa shape index (κ1) is 20.8. The van der Waals surface area contributed by atoms with Crippen LogP contribution in [0.15, 0.2) is 59.1 Å². The quantitative estimate of drug-likeness (QED) is 0.560. The molecule has 0 saturated carbocycles. The molecule has 3 aromatic rings. The van der Waals surface area contributed by atoms with Crippen molar-refractivity contribution in [2.45, 2.75) is 25.6 Å². The van der Waals surface area contributed by atoms with E-state index in [-0.39, 0.29) is 12.3 Å². The second-order valence-electron chi connectivity index (χ2n) is 7.03. The average Bonchev–Trinajstić information content (AvgIpc) is 3.28. The highest BCUT2D eigenvalue weighted by molar-refractivity contribution is 6.30. The highest BCUT2D eigenvalue weighted by Gasteiger charge is 2.49. The number of carbonyl (C=O) groups is 2. The van der Waals surface area contributed by atoms with Gasteiger partial charge in [-0.2, -0.15) is 8.78 Å². The van der Waals surface area contributed by atoms with Crippen molar-refractivity contribution in [3.05, 3.63) is 70.9 Å². The van der Waals surface area contributed by atoms with E-state index in [1.54, 1.807) is 30.3 Å². The number of amides is 3. The predicted octanol–water partition coefficient (Wildman–Crippen LogP) is 4.56. The van der Waals surface area contributed by atoms with Gasteiger partial charge >= 0.3 is 12.6 Å². The van der Waals surface area contributed by atoms with Crippen molar-refractivity contribution < 1.29 is 27.6 Å². The first-order chi connectivity index (χ1) is 14.8. The molecular weight excluding hydrogens is 432 g/mol. The van der Waals surface area contributed by atoms with Gasteiger partial charge in [-0.15, -0.1) is 0 Å². The summed E-state index contributed by atoms with van der Waals surface area (Å²) < 4.78 is 34.3. The van der Waals surface area contributed by atoms with Crippen LogP contribution in [0.25, 0.3) is 11.3 Å². The maximum absolute atomic E-state index is 13.0. The van der Waals surface area contributed by atoms with Gasteiger partial charge < -0.3 is 14.6 Å². The molecule has 31 heavy (non-hydrogen) atoms. The Hall–Kier alpha value is -3.46. The van der Waals surface area contributed by atoms with Crippen molar-refractivity contribution in [2.75, 3.05) is 0 Å². The Kier molecular flexibility index (Phi) is 5.36. The Balaban J connectivity index is 1.51. The number of hydrogen-bond acceptors (Lipinski definition) is 5. The zero-order chi connectivity index (χ0) is 22.2. The molecule has 1 saturated heterocycles. The van der Waals surface area contributed by atoms with Gasteiger partial charge in [0.1, 0.15) is 17.0 Å². The number of carbonyl (C=O) groups excluding carboxylic acids is 2. The third kappa shape index (κ3) is 4.09. The Morgan fingerprint density at radius 1 is 1.16 bits per heavy atom. The maximum atomic E-state index is 13.0. The number of rotatable bonds is 6. The van der Waals surface area contributed by atoms with Crippen molar-refractivity contribution in [1.82, 2.24) is 15.4 Å². The molecule has 0 radical (unpaired) electrons. The summed E-state index contributed by atoms with van der Waals surface area (Å²) in [4.78, 5) is 26.5. The molecule has 10 heteroatoms. The van der Waals surface area contributed by atoms with Crippen LogP contribution >= 0.6 is 11.6 Å². The van der Waals surface area contributed by atoms with Gasteiger partial charge in [0, 0.05) is 16.7 Å². The van der Waals surface area contributed by atoms with Crippen LogP contribution < -0.4 is 10.1 Å². The molecule has 1 atom stereocenters. The molecule has 4 rings (SSSR count). The lowest BCUT2D eigenvalue weighted by Gasteiger charge is -2.22. The number of imide groups is 1. The minimum Gasteiger partial charge on any atom is -0.435 e. The van der Waals surface area contributed by atoms with Gasteiger partial charge in [-0.05, 0) is 36.8 Å². The van der Waals surface area contributed by atoms with Crippen LogP contribution in [-0.2, 0) is 16.9 Å². The Morgan fingerprint density at radius 2 is 1.84 bits per heavy atom. The highest BCUT2D eigenvalue weighted by atomic mass is 35.5. The average molecular weight is 448 g/mol. The summed E-state index contributed by atoms with van der Waals surface area (Å²) in [6.45, 7) is -1.53. The van der Waals surface area contributed by atoms with Gasteiger partial charge in [-0.3, -0.25) is 9.69 Å². The van der Waals surface area contributed by atoms with Gasteiger partial charge in [0.05, 0.1) is 6.54 Å². The van der Waals surface area contributed by atoms with E-state index in [1.165, 1.54) is 31.2 Å². The number of hydrogen-bond donors (Lipinski definition) is 1. The SMILES string of the molecule is CC1(c2ccc(OC(F)F)cc2)NC(=O)N(Cc2cc(-c3ccc(Cl)cc3)no2)C1=O. The molecule has 0 aliphatic carbocycles. The van der Waals surface area contributed by atoms with Crippen LogP contribution in [-0.4, -0.2) is 28.6 Å². The molecule has 2 heterocycles. The number of alkyl halides is 2. The van der Waals surface area contributed by atoms with Gasteiger partial charge in [-0.25, -0.2) is 4.79 Å². The van der Waals surface area contributed by atoms with Crippen LogP contribution in [0.4, 0.5) is 13.6 Å². The van der Waals surface area contributed by atoms with E-state index in [0.717, 1.165) is 10.5 Å². The van der Waals surface area contributed by atoms with E-state index in [0.29, 0.717) is 22.0 Å². The van der Waals surface area contributed by atoms with Crippen molar-refractivity contribution in [3.8, 4) is 17.0 Å². The third-order valence-electron chi connectivity index (χ3n) is 4.94. The van der Waals surface area contributed by atoms with E-state index < -0.39 is 24.1 Å². The van der Waals surface area contributed by atoms with E-state index in [1.807, 2.05) is 0 Å². The fourth-order valence-corrected chi connectivity index (χ4v) is 3.43. The molecule has 1 fully saturated rings. The van der Waals surface area contributed by atoms with Crippen LogP contribution in [0.1, 0.15) is 18.2 Å². The molecule has 1 aromatic heterocycles. The molecule has 3 amide bonds. The summed E-state index contributed by atoms with van der Waals surface area (Å²) in [5.74, 6) is -0.241. The van der Waals surface area contributed by atoms with Crippen molar-refractivity contribution in [2.24, 2.45) is 0 Å². The molecule has 7 nitrogen and oxygen atoms in total. The number of halogens is 3. The zero-order valence-corrected chi connectivity index (χ0v) is 16.9. The number of nitrogens with one attached hydrogen (secondary N) is 1. The Labute approximate surface area is 180 Å². The Morgan fingerprint density at radius 3 is 2.48 bits per heavy atom. The van der Waals surface area contributed by atoms with E-state index in [4.69, 9.17) is 16.1 Å². The predicted molar refractivity (Wildman–Crippen MR) is 106 cm³/mol. The zero-order valence-electron chi connectivity index (χ0n) is 16.1. The van der Waals surface area contributed by atoms with Gasteiger partial charge in [-0.1, -0.05) is 41.0 Å². The number of nitrogens with zero attached hydrogens (tertiary/aromatic N) is 2.